The van der Waals surface area contributed by atoms with Crippen LogP contribution in [0.1, 0.15) is 25.6 Å². The highest BCUT2D eigenvalue weighted by Gasteiger charge is 2.27. The molecule has 1 saturated heterocycles. The first-order valence-electron chi connectivity index (χ1n) is 7.21. The molecule has 8 nitrogen and oxygen atoms in total. The van der Waals surface area contributed by atoms with Gasteiger partial charge in [0.2, 0.25) is 11.7 Å². The number of nitrogens with zero attached hydrogens (tertiary/aromatic N) is 4. The number of rotatable bonds is 6. The van der Waals surface area contributed by atoms with Crippen LogP contribution in [0.2, 0.25) is 0 Å². The predicted molar refractivity (Wildman–Crippen MR) is 84.1 cm³/mol. The Morgan fingerprint density at radius 3 is 2.86 bits per heavy atom. The van der Waals surface area contributed by atoms with Gasteiger partial charge in [0.05, 0.1) is 0 Å². The van der Waals surface area contributed by atoms with Crippen molar-refractivity contribution in [3.8, 4) is 0 Å². The number of imidazole rings is 1. The van der Waals surface area contributed by atoms with Crippen LogP contribution in [-0.2, 0) is 11.3 Å². The van der Waals surface area contributed by atoms with Crippen molar-refractivity contribution in [3.63, 3.8) is 0 Å². The summed E-state index contributed by atoms with van der Waals surface area (Å²) in [5.41, 5.74) is 0. The normalized spacial score (nSPS) is 17.1. The average molecular weight is 332 g/mol. The number of aryl methyl sites for hydroxylation is 1. The zero-order valence-electron chi connectivity index (χ0n) is 12.8. The minimum Gasteiger partial charge on any atom is -0.358 e. The standard InChI is InChI=1S/C13H21N5O3.ClH/c1-3-6-17(11-4-5-14-7-11)13(19)9-16-8-12(18(20)21)15-10(16)2;/h8,11,14H,3-7,9H2,1-2H3;1H. The zero-order chi connectivity index (χ0) is 15.4. The quantitative estimate of drug-likeness (QED) is 0.623. The number of hydrogen-bond acceptors (Lipinski definition) is 5. The highest BCUT2D eigenvalue weighted by atomic mass is 35.5. The van der Waals surface area contributed by atoms with E-state index < -0.39 is 4.92 Å². The van der Waals surface area contributed by atoms with Crippen molar-refractivity contribution in [2.75, 3.05) is 19.6 Å². The molecule has 1 aliphatic rings. The second-order valence-electron chi connectivity index (χ2n) is 5.27. The maximum absolute atomic E-state index is 12.5. The fourth-order valence-corrected chi connectivity index (χ4v) is 2.63. The van der Waals surface area contributed by atoms with Crippen molar-refractivity contribution in [1.82, 2.24) is 19.8 Å². The number of amides is 1. The summed E-state index contributed by atoms with van der Waals surface area (Å²) in [5, 5.41) is 14.0. The molecule has 0 radical (unpaired) electrons. The molecule has 2 rings (SSSR count). The van der Waals surface area contributed by atoms with Gasteiger partial charge >= 0.3 is 5.82 Å². The number of halogens is 1. The smallest absolute Gasteiger partial charge is 0.358 e. The third-order valence-electron chi connectivity index (χ3n) is 3.72. The monoisotopic (exact) mass is 331 g/mol. The molecule has 1 amide bonds. The minimum absolute atomic E-state index is 0. The molecule has 1 N–H and O–H groups in total. The van der Waals surface area contributed by atoms with E-state index in [2.05, 4.69) is 10.3 Å². The van der Waals surface area contributed by atoms with Crippen molar-refractivity contribution in [3.05, 3.63) is 22.1 Å². The number of hydrogen-bond donors (Lipinski definition) is 1. The van der Waals surface area contributed by atoms with Crippen LogP contribution in [0.25, 0.3) is 0 Å². The second kappa shape index (κ2) is 8.09. The molecule has 1 aromatic heterocycles. The molecule has 1 aromatic rings. The van der Waals surface area contributed by atoms with Gasteiger partial charge in [0.25, 0.3) is 0 Å². The molecule has 9 heteroatoms. The van der Waals surface area contributed by atoms with Gasteiger partial charge in [-0.05, 0) is 29.3 Å². The van der Waals surface area contributed by atoms with Crippen LogP contribution in [0.3, 0.4) is 0 Å². The lowest BCUT2D eigenvalue weighted by molar-refractivity contribution is -0.389. The third kappa shape index (κ3) is 4.17. The Hall–Kier alpha value is -1.67. The minimum atomic E-state index is -0.543. The molecular formula is C13H22ClN5O3. The first-order valence-corrected chi connectivity index (χ1v) is 7.21. The van der Waals surface area contributed by atoms with Gasteiger partial charge in [-0.15, -0.1) is 12.4 Å². The van der Waals surface area contributed by atoms with Crippen LogP contribution in [-0.4, -0.2) is 51.0 Å². The van der Waals surface area contributed by atoms with Gasteiger partial charge in [-0.3, -0.25) is 9.36 Å². The fourth-order valence-electron chi connectivity index (χ4n) is 2.63. The molecule has 124 valence electrons. The van der Waals surface area contributed by atoms with E-state index in [0.717, 1.165) is 25.9 Å². The number of carbonyl (C=O) groups excluding carboxylic acids is 1. The Balaban J connectivity index is 0.00000242. The molecule has 1 atom stereocenters. The van der Waals surface area contributed by atoms with E-state index in [1.807, 2.05) is 11.8 Å². The summed E-state index contributed by atoms with van der Waals surface area (Å²) >= 11 is 0. The highest BCUT2D eigenvalue weighted by molar-refractivity contribution is 5.85. The van der Waals surface area contributed by atoms with Gasteiger partial charge in [0.1, 0.15) is 12.7 Å². The highest BCUT2D eigenvalue weighted by Crippen LogP contribution is 2.14. The molecule has 0 aliphatic carbocycles. The number of nitrogens with one attached hydrogen (secondary N) is 1. The summed E-state index contributed by atoms with van der Waals surface area (Å²) in [6.07, 6.45) is 3.17. The van der Waals surface area contributed by atoms with Crippen LogP contribution < -0.4 is 5.32 Å². The average Bonchev–Trinajstić information content (AvgIpc) is 3.06. The molecule has 0 bridgehead atoms. The Labute approximate surface area is 135 Å². The Kier molecular flexibility index (Phi) is 6.76. The molecule has 1 aliphatic heterocycles. The van der Waals surface area contributed by atoms with E-state index in [1.54, 1.807) is 11.5 Å². The first kappa shape index (κ1) is 18.4. The summed E-state index contributed by atoms with van der Waals surface area (Å²) in [6.45, 7) is 6.25. The Bertz CT molecular complexity index is 528. The van der Waals surface area contributed by atoms with Gasteiger partial charge in [-0.1, -0.05) is 6.92 Å². The molecule has 1 fully saturated rings. The number of aromatic nitrogens is 2. The maximum Gasteiger partial charge on any atom is 0.381 e. The summed E-state index contributed by atoms with van der Waals surface area (Å²) in [5.74, 6) is 0.252. The summed E-state index contributed by atoms with van der Waals surface area (Å²) in [4.78, 5) is 28.4. The lowest BCUT2D eigenvalue weighted by Crippen LogP contribution is -2.43. The van der Waals surface area contributed by atoms with Gasteiger partial charge in [-0.2, -0.15) is 0 Å². The molecule has 2 heterocycles. The van der Waals surface area contributed by atoms with Gasteiger partial charge < -0.3 is 20.3 Å². The predicted octanol–water partition coefficient (Wildman–Crippen LogP) is 1.12. The maximum atomic E-state index is 12.5. The molecule has 22 heavy (non-hydrogen) atoms. The molecule has 0 saturated carbocycles. The Morgan fingerprint density at radius 2 is 2.36 bits per heavy atom. The summed E-state index contributed by atoms with van der Waals surface area (Å²) in [7, 11) is 0. The molecular weight excluding hydrogens is 310 g/mol. The van der Waals surface area contributed by atoms with Crippen LogP contribution >= 0.6 is 12.4 Å². The Morgan fingerprint density at radius 1 is 1.64 bits per heavy atom. The van der Waals surface area contributed by atoms with Crippen LogP contribution in [0.15, 0.2) is 6.20 Å². The third-order valence-corrected chi connectivity index (χ3v) is 3.72. The van der Waals surface area contributed by atoms with Crippen molar-refractivity contribution in [2.24, 2.45) is 0 Å². The van der Waals surface area contributed by atoms with Crippen molar-refractivity contribution in [2.45, 2.75) is 39.3 Å². The van der Waals surface area contributed by atoms with E-state index in [4.69, 9.17) is 0 Å². The fraction of sp³-hybridized carbons (Fsp3) is 0.692. The van der Waals surface area contributed by atoms with E-state index in [1.165, 1.54) is 6.20 Å². The van der Waals surface area contributed by atoms with Crippen LogP contribution in [0, 0.1) is 17.0 Å². The van der Waals surface area contributed by atoms with Crippen LogP contribution in [0.4, 0.5) is 5.82 Å². The van der Waals surface area contributed by atoms with Gasteiger partial charge in [0.15, 0.2) is 0 Å². The van der Waals surface area contributed by atoms with Gasteiger partial charge in [-0.25, -0.2) is 0 Å². The zero-order valence-corrected chi connectivity index (χ0v) is 13.6. The van der Waals surface area contributed by atoms with Crippen LogP contribution in [0.5, 0.6) is 0 Å². The molecule has 0 aromatic carbocycles. The molecule has 0 spiro atoms. The summed E-state index contributed by atoms with van der Waals surface area (Å²) in [6, 6.07) is 0.219. The topological polar surface area (TPSA) is 93.3 Å². The van der Waals surface area contributed by atoms with Gasteiger partial charge in [0, 0.05) is 26.1 Å². The van der Waals surface area contributed by atoms with E-state index in [9.17, 15) is 14.9 Å². The lowest BCUT2D eigenvalue weighted by Gasteiger charge is -2.28. The largest absolute Gasteiger partial charge is 0.381 e. The number of carbonyl (C=O) groups is 1. The summed E-state index contributed by atoms with van der Waals surface area (Å²) < 4.78 is 1.55. The van der Waals surface area contributed by atoms with E-state index in [0.29, 0.717) is 12.4 Å². The van der Waals surface area contributed by atoms with Crippen molar-refractivity contribution < 1.29 is 9.72 Å². The van der Waals surface area contributed by atoms with Crippen molar-refractivity contribution >= 4 is 24.1 Å². The first-order chi connectivity index (χ1) is 10.0. The van der Waals surface area contributed by atoms with Crippen molar-refractivity contribution in [1.29, 1.82) is 0 Å². The number of nitro groups is 1. The van der Waals surface area contributed by atoms with E-state index >= 15 is 0 Å². The SMILES string of the molecule is CCCN(C(=O)Cn1cc([N+](=O)[O-])nc1C)C1CCNC1.Cl. The molecule has 1 unspecified atom stereocenters. The lowest BCUT2D eigenvalue weighted by atomic mass is 10.2. The van der Waals surface area contributed by atoms with E-state index in [-0.39, 0.29) is 36.7 Å². The second-order valence-corrected chi connectivity index (χ2v) is 5.27.